The molecule has 0 aliphatic carbocycles. The Kier molecular flexibility index (Phi) is 6.68. The van der Waals surface area contributed by atoms with Crippen LogP contribution in [0.15, 0.2) is 38.0 Å². The highest BCUT2D eigenvalue weighted by Crippen LogP contribution is 2.19. The van der Waals surface area contributed by atoms with E-state index in [1.165, 1.54) is 9.80 Å². The van der Waals surface area contributed by atoms with E-state index in [1.807, 2.05) is 0 Å². The molecule has 1 saturated heterocycles. The second-order valence-corrected chi connectivity index (χ2v) is 4.68. The van der Waals surface area contributed by atoms with Crippen molar-refractivity contribution in [3.05, 3.63) is 38.0 Å². The smallest absolute Gasteiger partial charge is 0.331 e. The van der Waals surface area contributed by atoms with Crippen LogP contribution in [0.2, 0.25) is 0 Å². The molecule has 1 aliphatic heterocycles. The number of carbonyl (C=O) groups excluding carboxylic acids is 2. The number of nitrogens with zero attached hydrogens (tertiary/aromatic N) is 3. The van der Waals surface area contributed by atoms with Crippen LogP contribution in [0.25, 0.3) is 0 Å². The summed E-state index contributed by atoms with van der Waals surface area (Å²) in [6, 6.07) is -0.961. The van der Waals surface area contributed by atoms with Gasteiger partial charge in [0, 0.05) is 19.6 Å². The fourth-order valence-corrected chi connectivity index (χ4v) is 2.05. The second-order valence-electron chi connectivity index (χ2n) is 4.68. The van der Waals surface area contributed by atoms with Crippen LogP contribution in [0.3, 0.4) is 0 Å². The Morgan fingerprint density at radius 2 is 1.24 bits per heavy atom. The van der Waals surface area contributed by atoms with Gasteiger partial charge in [0.25, 0.3) is 0 Å². The molecule has 1 heterocycles. The summed E-state index contributed by atoms with van der Waals surface area (Å²) in [5, 5.41) is 10.3. The minimum atomic E-state index is -1.25. The van der Waals surface area contributed by atoms with E-state index in [-0.39, 0.29) is 6.54 Å². The lowest BCUT2D eigenvalue weighted by Crippen LogP contribution is -2.66. The minimum absolute atomic E-state index is 0.253. The number of aliphatic hydroxyl groups excluding tert-OH is 1. The van der Waals surface area contributed by atoms with Crippen molar-refractivity contribution in [1.82, 2.24) is 14.7 Å². The Morgan fingerprint density at radius 3 is 1.62 bits per heavy atom. The van der Waals surface area contributed by atoms with E-state index < -0.39 is 18.4 Å². The molecule has 0 aromatic rings. The van der Waals surface area contributed by atoms with E-state index in [9.17, 15) is 14.7 Å². The number of imide groups is 1. The maximum atomic E-state index is 12.3. The highest BCUT2D eigenvalue weighted by Gasteiger charge is 2.42. The van der Waals surface area contributed by atoms with Gasteiger partial charge in [-0.1, -0.05) is 18.2 Å². The molecule has 1 N–H and O–H groups in total. The van der Waals surface area contributed by atoms with Crippen LogP contribution in [0.1, 0.15) is 19.3 Å². The third-order valence-electron chi connectivity index (χ3n) is 3.22. The molecule has 0 atom stereocenters. The van der Waals surface area contributed by atoms with E-state index in [0.717, 1.165) is 4.90 Å². The number of urea groups is 2. The molecule has 0 spiro atoms. The summed E-state index contributed by atoms with van der Waals surface area (Å²) < 4.78 is 0. The molecule has 0 saturated carbocycles. The number of carbonyl (C=O) groups is 2. The average molecular weight is 293 g/mol. The summed E-state index contributed by atoms with van der Waals surface area (Å²) in [7, 11) is 0. The summed E-state index contributed by atoms with van der Waals surface area (Å²) >= 11 is 0. The van der Waals surface area contributed by atoms with Crippen LogP contribution in [-0.4, -0.2) is 57.9 Å². The summed E-state index contributed by atoms with van der Waals surface area (Å²) in [5.41, 5.74) is 0. The van der Waals surface area contributed by atoms with Gasteiger partial charge in [0.05, 0.1) is 0 Å². The van der Waals surface area contributed by atoms with Crippen molar-refractivity contribution in [3.8, 4) is 0 Å². The highest BCUT2D eigenvalue weighted by atomic mass is 16.3. The van der Waals surface area contributed by atoms with Gasteiger partial charge in [-0.3, -0.25) is 9.80 Å². The Hall–Kier alpha value is -2.08. The van der Waals surface area contributed by atoms with E-state index in [0.29, 0.717) is 32.4 Å². The predicted molar refractivity (Wildman–Crippen MR) is 81.4 cm³/mol. The Labute approximate surface area is 125 Å². The lowest BCUT2D eigenvalue weighted by Gasteiger charge is -2.44. The van der Waals surface area contributed by atoms with E-state index >= 15 is 0 Å². The third-order valence-corrected chi connectivity index (χ3v) is 3.22. The lowest BCUT2D eigenvalue weighted by molar-refractivity contribution is -0.0915. The fraction of sp³-hybridized carbons (Fsp3) is 0.467. The van der Waals surface area contributed by atoms with Crippen LogP contribution in [0.4, 0.5) is 9.59 Å². The standard InChI is InChI=1S/C15H23N3O3/c1-4-7-10-16-13(19)17(11-8-5-2)15(21)18(14(16)20)12-9-6-3/h4-6,13,19H,1-3,7-12H2. The van der Waals surface area contributed by atoms with Crippen molar-refractivity contribution in [2.75, 3.05) is 19.6 Å². The number of amides is 4. The highest BCUT2D eigenvalue weighted by molar-refractivity contribution is 5.96. The third kappa shape index (κ3) is 3.95. The van der Waals surface area contributed by atoms with E-state index in [2.05, 4.69) is 19.7 Å². The zero-order valence-corrected chi connectivity index (χ0v) is 12.3. The molecule has 1 aliphatic rings. The van der Waals surface area contributed by atoms with E-state index in [1.54, 1.807) is 18.2 Å². The monoisotopic (exact) mass is 293 g/mol. The molecule has 0 bridgehead atoms. The summed E-state index contributed by atoms with van der Waals surface area (Å²) in [6.07, 6.45) is 5.33. The Morgan fingerprint density at radius 1 is 0.857 bits per heavy atom. The molecule has 21 heavy (non-hydrogen) atoms. The van der Waals surface area contributed by atoms with Crippen molar-refractivity contribution in [2.45, 2.75) is 25.6 Å². The quantitative estimate of drug-likeness (QED) is 0.662. The van der Waals surface area contributed by atoms with Crippen LogP contribution < -0.4 is 0 Å². The van der Waals surface area contributed by atoms with Gasteiger partial charge in [-0.25, -0.2) is 14.5 Å². The van der Waals surface area contributed by atoms with Crippen molar-refractivity contribution in [2.24, 2.45) is 0 Å². The van der Waals surface area contributed by atoms with Gasteiger partial charge in [-0.2, -0.15) is 0 Å². The molecule has 1 rings (SSSR count). The van der Waals surface area contributed by atoms with Gasteiger partial charge in [0.15, 0.2) is 0 Å². The second kappa shape index (κ2) is 8.26. The van der Waals surface area contributed by atoms with Gasteiger partial charge in [-0.15, -0.1) is 19.7 Å². The van der Waals surface area contributed by atoms with Crippen LogP contribution in [0, 0.1) is 0 Å². The molecule has 116 valence electrons. The maximum Gasteiger partial charge on any atom is 0.331 e. The minimum Gasteiger partial charge on any atom is -0.356 e. The fourth-order valence-electron chi connectivity index (χ4n) is 2.05. The van der Waals surface area contributed by atoms with Crippen LogP contribution in [0.5, 0.6) is 0 Å². The van der Waals surface area contributed by atoms with Gasteiger partial charge in [0.1, 0.15) is 0 Å². The van der Waals surface area contributed by atoms with Crippen molar-refractivity contribution < 1.29 is 14.7 Å². The Balaban J connectivity index is 2.94. The first-order valence-corrected chi connectivity index (χ1v) is 6.98. The van der Waals surface area contributed by atoms with Gasteiger partial charge >= 0.3 is 12.1 Å². The number of rotatable bonds is 9. The average Bonchev–Trinajstić information content (AvgIpc) is 2.47. The summed E-state index contributed by atoms with van der Waals surface area (Å²) in [5.74, 6) is 0. The Bertz CT molecular complexity index is 390. The number of aliphatic hydroxyl groups is 1. The topological polar surface area (TPSA) is 64.1 Å². The van der Waals surface area contributed by atoms with Crippen LogP contribution in [-0.2, 0) is 0 Å². The number of hydrogen-bond acceptors (Lipinski definition) is 3. The van der Waals surface area contributed by atoms with Crippen molar-refractivity contribution in [3.63, 3.8) is 0 Å². The molecule has 0 aromatic carbocycles. The molecule has 0 unspecified atom stereocenters. The first-order valence-electron chi connectivity index (χ1n) is 6.98. The normalized spacial score (nSPS) is 16.3. The zero-order chi connectivity index (χ0) is 15.8. The maximum absolute atomic E-state index is 12.3. The first-order chi connectivity index (χ1) is 10.1. The zero-order valence-electron chi connectivity index (χ0n) is 12.3. The van der Waals surface area contributed by atoms with Gasteiger partial charge in [-0.05, 0) is 19.3 Å². The molecule has 0 aromatic heterocycles. The van der Waals surface area contributed by atoms with Gasteiger partial charge < -0.3 is 5.11 Å². The van der Waals surface area contributed by atoms with Crippen LogP contribution >= 0.6 is 0 Å². The van der Waals surface area contributed by atoms with Crippen molar-refractivity contribution in [1.29, 1.82) is 0 Å². The van der Waals surface area contributed by atoms with Gasteiger partial charge in [0.2, 0.25) is 6.35 Å². The summed E-state index contributed by atoms with van der Waals surface area (Å²) in [6.45, 7) is 11.7. The lowest BCUT2D eigenvalue weighted by atomic mass is 10.3. The molecule has 4 amide bonds. The largest absolute Gasteiger partial charge is 0.356 e. The molecular weight excluding hydrogens is 270 g/mol. The predicted octanol–water partition coefficient (Wildman–Crippen LogP) is 2.15. The molecule has 0 radical (unpaired) electrons. The molecule has 6 heteroatoms. The first kappa shape index (κ1) is 17.0. The molecular formula is C15H23N3O3. The van der Waals surface area contributed by atoms with Crippen molar-refractivity contribution >= 4 is 12.1 Å². The van der Waals surface area contributed by atoms with E-state index in [4.69, 9.17) is 0 Å². The number of hydrogen-bond donors (Lipinski definition) is 1. The molecule has 6 nitrogen and oxygen atoms in total. The SMILES string of the molecule is C=CCCN1C(=O)N(CCC=C)C(O)N(CCC=C)C1=O. The summed E-state index contributed by atoms with van der Waals surface area (Å²) in [4.78, 5) is 28.4. The molecule has 1 fully saturated rings.